The standard InChI is InChI=1S/C26H28FN5O4/c1-17-22(25(35)31-26(29-17)32-10-12-36-13-11-32)8-9-23(33)28-16-18-4-2-7-21(14-18)30-24(34)19-5-3-6-20(27)15-19/h2-7,14-15H,8-13,16H2,1H3,(H,28,33)(H,30,34)(H,29,31,35). The lowest BCUT2D eigenvalue weighted by molar-refractivity contribution is -0.121. The van der Waals surface area contributed by atoms with E-state index in [2.05, 4.69) is 20.6 Å². The van der Waals surface area contributed by atoms with Crippen LogP contribution in [0.1, 0.15) is 33.6 Å². The van der Waals surface area contributed by atoms with Crippen LogP contribution in [0.5, 0.6) is 0 Å². The zero-order valence-corrected chi connectivity index (χ0v) is 20.0. The quantitative estimate of drug-likeness (QED) is 0.444. The molecule has 0 spiro atoms. The van der Waals surface area contributed by atoms with Crippen molar-refractivity contribution in [1.82, 2.24) is 15.3 Å². The largest absolute Gasteiger partial charge is 0.378 e. The molecule has 1 saturated heterocycles. The summed E-state index contributed by atoms with van der Waals surface area (Å²) < 4.78 is 18.7. The fraction of sp³-hybridized carbons (Fsp3) is 0.308. The molecule has 0 bridgehead atoms. The third-order valence-corrected chi connectivity index (χ3v) is 5.88. The summed E-state index contributed by atoms with van der Waals surface area (Å²) in [4.78, 5) is 46.7. The first-order chi connectivity index (χ1) is 17.4. The fourth-order valence-corrected chi connectivity index (χ4v) is 3.93. The Kier molecular flexibility index (Phi) is 8.06. The van der Waals surface area contributed by atoms with Gasteiger partial charge in [-0.3, -0.25) is 19.4 Å². The molecule has 36 heavy (non-hydrogen) atoms. The van der Waals surface area contributed by atoms with Crippen molar-refractivity contribution in [2.75, 3.05) is 36.5 Å². The topological polar surface area (TPSA) is 116 Å². The van der Waals surface area contributed by atoms with Crippen LogP contribution in [0, 0.1) is 12.7 Å². The molecule has 3 N–H and O–H groups in total. The van der Waals surface area contributed by atoms with E-state index in [4.69, 9.17) is 4.74 Å². The molecule has 9 nitrogen and oxygen atoms in total. The summed E-state index contributed by atoms with van der Waals surface area (Å²) in [6.45, 7) is 4.54. The average molecular weight is 494 g/mol. The molecule has 0 radical (unpaired) electrons. The third kappa shape index (κ3) is 6.54. The van der Waals surface area contributed by atoms with Gasteiger partial charge >= 0.3 is 0 Å². The van der Waals surface area contributed by atoms with Gasteiger partial charge in [0.1, 0.15) is 5.82 Å². The Morgan fingerprint density at radius 2 is 1.92 bits per heavy atom. The monoisotopic (exact) mass is 493 g/mol. The second-order valence-electron chi connectivity index (χ2n) is 8.49. The van der Waals surface area contributed by atoms with Crippen LogP contribution in [0.25, 0.3) is 0 Å². The summed E-state index contributed by atoms with van der Waals surface area (Å²) in [7, 11) is 0. The highest BCUT2D eigenvalue weighted by molar-refractivity contribution is 6.04. The van der Waals surface area contributed by atoms with Crippen LogP contribution >= 0.6 is 0 Å². The summed E-state index contributed by atoms with van der Waals surface area (Å²) >= 11 is 0. The molecule has 1 aromatic heterocycles. The second kappa shape index (κ2) is 11.6. The Bertz CT molecular complexity index is 1300. The maximum atomic E-state index is 13.4. The van der Waals surface area contributed by atoms with Gasteiger partial charge in [0.2, 0.25) is 11.9 Å². The molecule has 2 aromatic carbocycles. The van der Waals surface area contributed by atoms with E-state index in [-0.39, 0.29) is 36.4 Å². The van der Waals surface area contributed by atoms with Crippen LogP contribution in [-0.2, 0) is 22.5 Å². The number of hydrogen-bond donors (Lipinski definition) is 3. The predicted molar refractivity (Wildman–Crippen MR) is 134 cm³/mol. The van der Waals surface area contributed by atoms with Crippen molar-refractivity contribution in [1.29, 1.82) is 0 Å². The number of morpholine rings is 1. The Morgan fingerprint density at radius 3 is 2.67 bits per heavy atom. The van der Waals surface area contributed by atoms with Crippen LogP contribution in [0.15, 0.2) is 53.3 Å². The fourth-order valence-electron chi connectivity index (χ4n) is 3.93. The molecule has 1 fully saturated rings. The highest BCUT2D eigenvalue weighted by Crippen LogP contribution is 2.14. The molecular formula is C26H28FN5O4. The molecule has 2 amide bonds. The van der Waals surface area contributed by atoms with E-state index in [9.17, 15) is 18.8 Å². The van der Waals surface area contributed by atoms with E-state index >= 15 is 0 Å². The van der Waals surface area contributed by atoms with E-state index in [0.29, 0.717) is 49.2 Å². The van der Waals surface area contributed by atoms with E-state index in [1.807, 2.05) is 11.0 Å². The van der Waals surface area contributed by atoms with E-state index in [1.54, 1.807) is 25.1 Å². The number of aryl methyl sites for hydroxylation is 1. The minimum atomic E-state index is -0.486. The first-order valence-electron chi connectivity index (χ1n) is 11.7. The summed E-state index contributed by atoms with van der Waals surface area (Å²) in [5.41, 5.74) is 2.39. The number of nitrogens with one attached hydrogen (secondary N) is 3. The van der Waals surface area contributed by atoms with Crippen molar-refractivity contribution >= 4 is 23.5 Å². The molecular weight excluding hydrogens is 465 g/mol. The minimum absolute atomic E-state index is 0.137. The Balaban J connectivity index is 1.29. The van der Waals surface area contributed by atoms with Gasteiger partial charge in [0.25, 0.3) is 11.5 Å². The van der Waals surface area contributed by atoms with Crippen molar-refractivity contribution in [2.45, 2.75) is 26.3 Å². The van der Waals surface area contributed by atoms with Gasteiger partial charge < -0.3 is 20.3 Å². The lowest BCUT2D eigenvalue weighted by Crippen LogP contribution is -2.38. The van der Waals surface area contributed by atoms with Crippen LogP contribution in [0.4, 0.5) is 16.0 Å². The number of carbonyl (C=O) groups excluding carboxylic acids is 2. The molecule has 0 atom stereocenters. The second-order valence-corrected chi connectivity index (χ2v) is 8.49. The number of carbonyl (C=O) groups is 2. The van der Waals surface area contributed by atoms with Gasteiger partial charge in [-0.25, -0.2) is 9.37 Å². The van der Waals surface area contributed by atoms with Gasteiger partial charge in [-0.15, -0.1) is 0 Å². The molecule has 4 rings (SSSR count). The molecule has 3 aromatic rings. The molecule has 10 heteroatoms. The summed E-state index contributed by atoms with van der Waals surface area (Å²) in [5.74, 6) is -0.594. The molecule has 1 aliphatic rings. The Hall–Kier alpha value is -4.05. The van der Waals surface area contributed by atoms with Gasteiger partial charge in [0.05, 0.1) is 13.2 Å². The molecule has 2 heterocycles. The minimum Gasteiger partial charge on any atom is -0.378 e. The highest BCUT2D eigenvalue weighted by atomic mass is 19.1. The number of H-pyrrole nitrogens is 1. The Labute approximate surface area is 207 Å². The van der Waals surface area contributed by atoms with Crippen molar-refractivity contribution in [3.8, 4) is 0 Å². The van der Waals surface area contributed by atoms with Crippen LogP contribution in [0.2, 0.25) is 0 Å². The SMILES string of the molecule is Cc1nc(N2CCOCC2)[nH]c(=O)c1CCC(=O)NCc1cccc(NC(=O)c2cccc(F)c2)c1. The number of hydrogen-bond acceptors (Lipinski definition) is 6. The molecule has 1 aliphatic heterocycles. The van der Waals surface area contributed by atoms with Crippen molar-refractivity contribution in [3.05, 3.63) is 87.1 Å². The number of halogens is 1. The third-order valence-electron chi connectivity index (χ3n) is 5.88. The maximum absolute atomic E-state index is 13.4. The number of aromatic nitrogens is 2. The van der Waals surface area contributed by atoms with Crippen molar-refractivity contribution in [2.24, 2.45) is 0 Å². The summed E-state index contributed by atoms with van der Waals surface area (Å²) in [6, 6.07) is 12.5. The first-order valence-corrected chi connectivity index (χ1v) is 11.7. The van der Waals surface area contributed by atoms with Gasteiger partial charge in [-0.05, 0) is 49.2 Å². The zero-order chi connectivity index (χ0) is 25.5. The van der Waals surface area contributed by atoms with Gasteiger partial charge in [-0.2, -0.15) is 0 Å². The van der Waals surface area contributed by atoms with E-state index in [1.165, 1.54) is 18.2 Å². The van der Waals surface area contributed by atoms with E-state index < -0.39 is 11.7 Å². The summed E-state index contributed by atoms with van der Waals surface area (Å²) in [5, 5.41) is 5.56. The number of amides is 2. The summed E-state index contributed by atoms with van der Waals surface area (Å²) in [6.07, 6.45) is 0.408. The van der Waals surface area contributed by atoms with Crippen LogP contribution < -0.4 is 21.1 Å². The number of nitrogens with zero attached hydrogens (tertiary/aromatic N) is 2. The molecule has 0 unspecified atom stereocenters. The lowest BCUT2D eigenvalue weighted by Gasteiger charge is -2.27. The number of benzene rings is 2. The highest BCUT2D eigenvalue weighted by Gasteiger charge is 2.17. The normalized spacial score (nSPS) is 13.3. The number of rotatable bonds is 8. The van der Waals surface area contributed by atoms with Gasteiger partial charge in [0.15, 0.2) is 0 Å². The zero-order valence-electron chi connectivity index (χ0n) is 20.0. The van der Waals surface area contributed by atoms with Gasteiger partial charge in [-0.1, -0.05) is 18.2 Å². The Morgan fingerprint density at radius 1 is 1.14 bits per heavy atom. The number of aromatic amines is 1. The lowest BCUT2D eigenvalue weighted by atomic mass is 10.1. The van der Waals surface area contributed by atoms with E-state index in [0.717, 1.165) is 11.6 Å². The smallest absolute Gasteiger partial charge is 0.255 e. The van der Waals surface area contributed by atoms with Gasteiger partial charge in [0, 0.05) is 48.6 Å². The first kappa shape index (κ1) is 25.1. The van der Waals surface area contributed by atoms with Crippen molar-refractivity contribution < 1.29 is 18.7 Å². The molecule has 0 saturated carbocycles. The molecule has 188 valence electrons. The molecule has 0 aliphatic carbocycles. The predicted octanol–water partition coefficient (Wildman–Crippen LogP) is 2.56. The number of ether oxygens (including phenoxy) is 1. The van der Waals surface area contributed by atoms with Crippen LogP contribution in [0.3, 0.4) is 0 Å². The maximum Gasteiger partial charge on any atom is 0.255 e. The average Bonchev–Trinajstić information content (AvgIpc) is 2.87. The van der Waals surface area contributed by atoms with Crippen molar-refractivity contribution in [3.63, 3.8) is 0 Å². The number of anilines is 2. The van der Waals surface area contributed by atoms with Crippen LogP contribution in [-0.4, -0.2) is 48.1 Å².